The summed E-state index contributed by atoms with van der Waals surface area (Å²) in [6.45, 7) is 3.63. The van der Waals surface area contributed by atoms with Crippen molar-refractivity contribution in [1.29, 1.82) is 0 Å². The first kappa shape index (κ1) is 12.3. The topological polar surface area (TPSA) is 44.1 Å². The Labute approximate surface area is 102 Å². The fourth-order valence-electron chi connectivity index (χ4n) is 2.45. The van der Waals surface area contributed by atoms with Crippen LogP contribution in [0, 0.1) is 6.92 Å². The van der Waals surface area contributed by atoms with E-state index in [4.69, 9.17) is 4.74 Å². The van der Waals surface area contributed by atoms with Crippen LogP contribution in [-0.2, 0) is 17.7 Å². The van der Waals surface area contributed by atoms with Gasteiger partial charge in [-0.3, -0.25) is 4.79 Å². The molecule has 0 saturated heterocycles. The zero-order valence-electron chi connectivity index (χ0n) is 10.7. The lowest BCUT2D eigenvalue weighted by molar-refractivity contribution is 0.0977. The predicted octanol–water partition coefficient (Wildman–Crippen LogP) is 2.14. The molecule has 17 heavy (non-hydrogen) atoms. The van der Waals surface area contributed by atoms with Crippen molar-refractivity contribution in [3.63, 3.8) is 0 Å². The molecule has 94 valence electrons. The molecular weight excluding hydrogens is 216 g/mol. The summed E-state index contributed by atoms with van der Waals surface area (Å²) in [5.74, 6) is 1.17. The van der Waals surface area contributed by atoms with Crippen LogP contribution in [0.15, 0.2) is 0 Å². The van der Waals surface area contributed by atoms with Crippen molar-refractivity contribution in [1.82, 2.24) is 9.55 Å². The van der Waals surface area contributed by atoms with E-state index in [0.717, 1.165) is 56.0 Å². The monoisotopic (exact) mass is 236 g/mol. The molecule has 1 aromatic rings. The summed E-state index contributed by atoms with van der Waals surface area (Å²) in [7, 11) is 1.71. The van der Waals surface area contributed by atoms with E-state index in [1.54, 1.807) is 7.11 Å². The van der Waals surface area contributed by atoms with Gasteiger partial charge in [0.1, 0.15) is 11.5 Å². The third-order valence-corrected chi connectivity index (χ3v) is 3.33. The zero-order valence-corrected chi connectivity index (χ0v) is 10.7. The minimum Gasteiger partial charge on any atom is -0.385 e. The summed E-state index contributed by atoms with van der Waals surface area (Å²) >= 11 is 0. The first-order valence-corrected chi connectivity index (χ1v) is 6.32. The minimum absolute atomic E-state index is 0.214. The van der Waals surface area contributed by atoms with Crippen molar-refractivity contribution in [3.8, 4) is 0 Å². The van der Waals surface area contributed by atoms with E-state index < -0.39 is 0 Å². The summed E-state index contributed by atoms with van der Waals surface area (Å²) in [5.41, 5.74) is 1.86. The number of ketones is 1. The molecule has 1 aromatic heterocycles. The second kappa shape index (κ2) is 5.45. The molecule has 0 bridgehead atoms. The number of imidazole rings is 1. The Morgan fingerprint density at radius 2 is 2.12 bits per heavy atom. The van der Waals surface area contributed by atoms with Crippen LogP contribution in [-0.4, -0.2) is 29.1 Å². The van der Waals surface area contributed by atoms with Gasteiger partial charge in [0.05, 0.1) is 0 Å². The summed E-state index contributed by atoms with van der Waals surface area (Å²) in [6, 6.07) is 0. The van der Waals surface area contributed by atoms with Gasteiger partial charge in [-0.2, -0.15) is 0 Å². The summed E-state index contributed by atoms with van der Waals surface area (Å²) in [5, 5.41) is 0. The molecule has 4 nitrogen and oxygen atoms in total. The molecule has 0 N–H and O–H groups in total. The van der Waals surface area contributed by atoms with Gasteiger partial charge in [-0.1, -0.05) is 0 Å². The standard InChI is InChI=1S/C13H20N2O2/c1-10-14-13-11(6-3-4-7-12(13)16)15(10)8-5-9-17-2/h3-9H2,1-2H3. The minimum atomic E-state index is 0.214. The van der Waals surface area contributed by atoms with E-state index in [1.165, 1.54) is 0 Å². The molecule has 1 aliphatic carbocycles. The molecule has 2 rings (SSSR count). The summed E-state index contributed by atoms with van der Waals surface area (Å²) < 4.78 is 7.26. The Bertz CT molecular complexity index is 410. The second-order valence-corrected chi connectivity index (χ2v) is 4.58. The van der Waals surface area contributed by atoms with Crippen LogP contribution in [0.5, 0.6) is 0 Å². The van der Waals surface area contributed by atoms with E-state index in [0.29, 0.717) is 6.42 Å². The fraction of sp³-hybridized carbons (Fsp3) is 0.692. The van der Waals surface area contributed by atoms with E-state index >= 15 is 0 Å². The number of Topliss-reactive ketones (excluding diaryl/α,β-unsaturated/α-hetero) is 1. The van der Waals surface area contributed by atoms with Crippen molar-refractivity contribution in [2.24, 2.45) is 0 Å². The number of aromatic nitrogens is 2. The number of nitrogens with zero attached hydrogens (tertiary/aromatic N) is 2. The van der Waals surface area contributed by atoms with Gasteiger partial charge in [-0.15, -0.1) is 0 Å². The lowest BCUT2D eigenvalue weighted by Gasteiger charge is -2.09. The number of carbonyl (C=O) groups excluding carboxylic acids is 1. The molecular formula is C13H20N2O2. The first-order chi connectivity index (χ1) is 8.24. The van der Waals surface area contributed by atoms with Gasteiger partial charge in [0.15, 0.2) is 5.78 Å². The molecule has 1 aliphatic rings. The average Bonchev–Trinajstić information content (AvgIpc) is 2.51. The summed E-state index contributed by atoms with van der Waals surface area (Å²) in [6.07, 6.45) is 4.69. The molecule has 0 fully saturated rings. The molecule has 0 aromatic carbocycles. The van der Waals surface area contributed by atoms with Crippen molar-refractivity contribution in [3.05, 3.63) is 17.2 Å². The molecule has 0 saturated carbocycles. The van der Waals surface area contributed by atoms with Crippen LogP contribution >= 0.6 is 0 Å². The highest BCUT2D eigenvalue weighted by Crippen LogP contribution is 2.21. The zero-order chi connectivity index (χ0) is 12.3. The van der Waals surface area contributed by atoms with Crippen LogP contribution < -0.4 is 0 Å². The third-order valence-electron chi connectivity index (χ3n) is 3.33. The van der Waals surface area contributed by atoms with E-state index in [2.05, 4.69) is 9.55 Å². The second-order valence-electron chi connectivity index (χ2n) is 4.58. The maximum atomic E-state index is 11.9. The van der Waals surface area contributed by atoms with Crippen molar-refractivity contribution in [2.45, 2.75) is 45.6 Å². The molecule has 0 amide bonds. The van der Waals surface area contributed by atoms with Gasteiger partial charge in [0.25, 0.3) is 0 Å². The first-order valence-electron chi connectivity index (χ1n) is 6.32. The number of ether oxygens (including phenoxy) is 1. The van der Waals surface area contributed by atoms with Crippen molar-refractivity contribution < 1.29 is 9.53 Å². The smallest absolute Gasteiger partial charge is 0.183 e. The van der Waals surface area contributed by atoms with Gasteiger partial charge >= 0.3 is 0 Å². The van der Waals surface area contributed by atoms with E-state index in [-0.39, 0.29) is 5.78 Å². The quantitative estimate of drug-likeness (QED) is 0.594. The number of fused-ring (bicyclic) bond motifs is 1. The molecule has 4 heteroatoms. The summed E-state index contributed by atoms with van der Waals surface area (Å²) in [4.78, 5) is 16.3. The molecule has 0 radical (unpaired) electrons. The van der Waals surface area contributed by atoms with Crippen molar-refractivity contribution in [2.75, 3.05) is 13.7 Å². The Kier molecular flexibility index (Phi) is 3.94. The van der Waals surface area contributed by atoms with Crippen LogP contribution in [0.3, 0.4) is 0 Å². The Morgan fingerprint density at radius 1 is 1.35 bits per heavy atom. The average molecular weight is 236 g/mol. The largest absolute Gasteiger partial charge is 0.385 e. The molecule has 1 heterocycles. The molecule has 0 atom stereocenters. The number of hydrogen-bond acceptors (Lipinski definition) is 3. The Hall–Kier alpha value is -1.16. The lowest BCUT2D eigenvalue weighted by atomic mass is 10.2. The van der Waals surface area contributed by atoms with E-state index in [9.17, 15) is 4.79 Å². The fourth-order valence-corrected chi connectivity index (χ4v) is 2.45. The molecule has 0 aliphatic heterocycles. The van der Waals surface area contributed by atoms with Crippen LogP contribution in [0.1, 0.15) is 47.7 Å². The Morgan fingerprint density at radius 3 is 2.88 bits per heavy atom. The van der Waals surface area contributed by atoms with E-state index in [1.807, 2.05) is 6.92 Å². The van der Waals surface area contributed by atoms with Gasteiger partial charge in [0.2, 0.25) is 0 Å². The third kappa shape index (κ3) is 2.57. The van der Waals surface area contributed by atoms with Crippen LogP contribution in [0.4, 0.5) is 0 Å². The Balaban J connectivity index is 2.23. The normalized spacial score (nSPS) is 15.8. The highest BCUT2D eigenvalue weighted by atomic mass is 16.5. The van der Waals surface area contributed by atoms with Gasteiger partial charge < -0.3 is 9.30 Å². The number of rotatable bonds is 4. The van der Waals surface area contributed by atoms with Gasteiger partial charge in [0, 0.05) is 32.4 Å². The lowest BCUT2D eigenvalue weighted by Crippen LogP contribution is -2.08. The van der Waals surface area contributed by atoms with Crippen molar-refractivity contribution >= 4 is 5.78 Å². The highest BCUT2D eigenvalue weighted by molar-refractivity contribution is 5.95. The predicted molar refractivity (Wildman–Crippen MR) is 65.3 cm³/mol. The molecule has 0 unspecified atom stereocenters. The highest BCUT2D eigenvalue weighted by Gasteiger charge is 2.22. The SMILES string of the molecule is COCCCn1c(C)nc2c1CCCCC2=O. The number of carbonyl (C=O) groups is 1. The maximum absolute atomic E-state index is 11.9. The number of aryl methyl sites for hydroxylation is 1. The van der Waals surface area contributed by atoms with Gasteiger partial charge in [-0.25, -0.2) is 4.98 Å². The number of methoxy groups -OCH3 is 1. The number of hydrogen-bond donors (Lipinski definition) is 0. The maximum Gasteiger partial charge on any atom is 0.183 e. The van der Waals surface area contributed by atoms with Crippen LogP contribution in [0.2, 0.25) is 0 Å². The van der Waals surface area contributed by atoms with Crippen LogP contribution in [0.25, 0.3) is 0 Å². The van der Waals surface area contributed by atoms with Gasteiger partial charge in [-0.05, 0) is 32.6 Å². The molecule has 0 spiro atoms.